The van der Waals surface area contributed by atoms with Gasteiger partial charge in [-0.25, -0.2) is 0 Å². The van der Waals surface area contributed by atoms with Crippen LogP contribution in [0.2, 0.25) is 0 Å². The summed E-state index contributed by atoms with van der Waals surface area (Å²) in [5, 5.41) is 3.81. The van der Waals surface area contributed by atoms with Crippen LogP contribution in [0.4, 0.5) is 0 Å². The molecule has 1 aromatic carbocycles. The molecule has 1 aliphatic heterocycles. The summed E-state index contributed by atoms with van der Waals surface area (Å²) in [5.74, 6) is 1.25. The predicted octanol–water partition coefficient (Wildman–Crippen LogP) is 6.87. The molecule has 0 fully saturated rings. The first-order valence-electron chi connectivity index (χ1n) is 11.5. The zero-order valence-corrected chi connectivity index (χ0v) is 17.9. The fourth-order valence-corrected chi connectivity index (χ4v) is 4.88. The molecule has 0 saturated heterocycles. The Hall–Kier alpha value is -1.31. The van der Waals surface area contributed by atoms with Gasteiger partial charge in [0, 0.05) is 19.0 Å². The van der Waals surface area contributed by atoms with Crippen molar-refractivity contribution in [2.45, 2.75) is 109 Å². The van der Waals surface area contributed by atoms with Crippen LogP contribution in [-0.2, 0) is 11.8 Å². The Morgan fingerprint density at radius 3 is 2.30 bits per heavy atom. The minimum Gasteiger partial charge on any atom is -0.367 e. The lowest BCUT2D eigenvalue weighted by Gasteiger charge is -2.23. The van der Waals surface area contributed by atoms with Crippen molar-refractivity contribution in [2.24, 2.45) is 4.99 Å². The van der Waals surface area contributed by atoms with E-state index < -0.39 is 0 Å². The highest BCUT2D eigenvalue weighted by atomic mass is 15.0. The summed E-state index contributed by atoms with van der Waals surface area (Å²) < 4.78 is 0. The van der Waals surface area contributed by atoms with Crippen LogP contribution in [0.15, 0.2) is 23.2 Å². The highest BCUT2D eigenvalue weighted by Gasteiger charge is 2.31. The van der Waals surface area contributed by atoms with Gasteiger partial charge in [0.2, 0.25) is 0 Å². The van der Waals surface area contributed by atoms with Crippen molar-refractivity contribution in [3.63, 3.8) is 0 Å². The summed E-state index contributed by atoms with van der Waals surface area (Å²) >= 11 is 0. The highest BCUT2D eigenvalue weighted by Crippen LogP contribution is 2.41. The molecule has 0 aromatic heterocycles. The summed E-state index contributed by atoms with van der Waals surface area (Å²) in [5.41, 5.74) is 4.97. The second-order valence-electron chi connectivity index (χ2n) is 9.38. The Balaban J connectivity index is 1.67. The Bertz CT molecular complexity index is 629. The Morgan fingerprint density at radius 1 is 0.889 bits per heavy atom. The fraction of sp³-hybridized carbons (Fsp3) is 0.720. The first-order chi connectivity index (χ1) is 13.1. The van der Waals surface area contributed by atoms with E-state index in [1.165, 1.54) is 82.0 Å². The number of hydrogen-bond acceptors (Lipinski definition) is 2. The van der Waals surface area contributed by atoms with Gasteiger partial charge in [-0.05, 0) is 54.7 Å². The average molecular weight is 369 g/mol. The van der Waals surface area contributed by atoms with Gasteiger partial charge in [-0.3, -0.25) is 4.99 Å². The van der Waals surface area contributed by atoms with E-state index in [4.69, 9.17) is 4.99 Å². The van der Waals surface area contributed by atoms with E-state index in [1.54, 1.807) is 11.1 Å². The number of nitrogens with one attached hydrogen (secondary N) is 1. The molecular weight excluding hydrogens is 328 g/mol. The number of fused-ring (bicyclic) bond motifs is 1. The molecule has 1 N–H and O–H groups in total. The number of amidine groups is 1. The Labute approximate surface area is 167 Å². The van der Waals surface area contributed by atoms with Crippen molar-refractivity contribution >= 4 is 5.84 Å². The number of aliphatic imine (C=N–C) groups is 1. The third-order valence-corrected chi connectivity index (χ3v) is 6.67. The lowest BCUT2D eigenvalue weighted by molar-refractivity contribution is 0.522. The SMILES string of the molecule is CC(NC1=NCCCCCCCCCCC1)c1cccc2c1CCC2(C)C. The van der Waals surface area contributed by atoms with E-state index in [0.717, 1.165) is 13.0 Å². The Kier molecular flexibility index (Phi) is 7.38. The number of rotatable bonds is 2. The smallest absolute Gasteiger partial charge is 0.0967 e. The topological polar surface area (TPSA) is 24.4 Å². The average Bonchev–Trinajstić information content (AvgIpc) is 2.98. The zero-order chi connectivity index (χ0) is 19.1. The van der Waals surface area contributed by atoms with Crippen molar-refractivity contribution in [3.05, 3.63) is 34.9 Å². The molecule has 0 amide bonds. The van der Waals surface area contributed by atoms with Gasteiger partial charge in [-0.1, -0.05) is 77.0 Å². The molecule has 150 valence electrons. The molecule has 0 saturated carbocycles. The van der Waals surface area contributed by atoms with Crippen molar-refractivity contribution in [1.82, 2.24) is 5.32 Å². The second kappa shape index (κ2) is 9.75. The maximum Gasteiger partial charge on any atom is 0.0967 e. The van der Waals surface area contributed by atoms with Gasteiger partial charge in [-0.15, -0.1) is 0 Å². The molecule has 1 heterocycles. The zero-order valence-electron chi connectivity index (χ0n) is 17.9. The normalized spacial score (nSPS) is 22.6. The van der Waals surface area contributed by atoms with Gasteiger partial charge in [0.1, 0.15) is 0 Å². The Morgan fingerprint density at radius 2 is 1.56 bits per heavy atom. The van der Waals surface area contributed by atoms with Crippen LogP contribution in [-0.4, -0.2) is 12.4 Å². The summed E-state index contributed by atoms with van der Waals surface area (Å²) in [7, 11) is 0. The van der Waals surface area contributed by atoms with Crippen LogP contribution in [0.1, 0.15) is 114 Å². The van der Waals surface area contributed by atoms with E-state index in [0.29, 0.717) is 11.5 Å². The fourth-order valence-electron chi connectivity index (χ4n) is 4.88. The van der Waals surface area contributed by atoms with Gasteiger partial charge in [0.15, 0.2) is 0 Å². The number of hydrogen-bond donors (Lipinski definition) is 1. The third-order valence-electron chi connectivity index (χ3n) is 6.67. The summed E-state index contributed by atoms with van der Waals surface area (Å²) in [6, 6.07) is 7.28. The molecule has 1 unspecified atom stereocenters. The van der Waals surface area contributed by atoms with E-state index in [9.17, 15) is 0 Å². The van der Waals surface area contributed by atoms with E-state index >= 15 is 0 Å². The maximum atomic E-state index is 4.98. The molecule has 1 atom stereocenters. The molecular formula is C25H40N2. The molecule has 1 aliphatic carbocycles. The van der Waals surface area contributed by atoms with Crippen molar-refractivity contribution in [2.75, 3.05) is 6.54 Å². The molecule has 2 heteroatoms. The predicted molar refractivity (Wildman–Crippen MR) is 118 cm³/mol. The van der Waals surface area contributed by atoms with E-state index in [1.807, 2.05) is 0 Å². The standard InChI is InChI=1S/C25H40N2/c1-20(21-14-13-15-23-22(21)17-18-25(23,2)3)27-24-16-11-9-7-5-4-6-8-10-12-19-26-24/h13-15,20H,4-12,16-19H2,1-3H3,(H,26,27). The van der Waals surface area contributed by atoms with Crippen LogP contribution >= 0.6 is 0 Å². The van der Waals surface area contributed by atoms with Crippen LogP contribution in [0.3, 0.4) is 0 Å². The minimum absolute atomic E-state index is 0.328. The molecule has 2 aliphatic rings. The number of nitrogens with zero attached hydrogens (tertiary/aromatic N) is 1. The lowest BCUT2D eigenvalue weighted by Crippen LogP contribution is -2.28. The van der Waals surface area contributed by atoms with Gasteiger partial charge in [0.25, 0.3) is 0 Å². The van der Waals surface area contributed by atoms with Crippen LogP contribution < -0.4 is 5.32 Å². The molecule has 0 bridgehead atoms. The molecule has 0 spiro atoms. The second-order valence-corrected chi connectivity index (χ2v) is 9.38. The van der Waals surface area contributed by atoms with Gasteiger partial charge < -0.3 is 5.32 Å². The van der Waals surface area contributed by atoms with Gasteiger partial charge in [0.05, 0.1) is 5.84 Å². The summed E-state index contributed by atoms with van der Waals surface area (Å²) in [4.78, 5) is 4.98. The van der Waals surface area contributed by atoms with E-state index in [2.05, 4.69) is 44.3 Å². The van der Waals surface area contributed by atoms with Crippen molar-refractivity contribution in [3.8, 4) is 0 Å². The summed E-state index contributed by atoms with van der Waals surface area (Å²) in [6.07, 6.45) is 15.9. The molecule has 3 rings (SSSR count). The monoisotopic (exact) mass is 368 g/mol. The maximum absolute atomic E-state index is 4.98. The van der Waals surface area contributed by atoms with Gasteiger partial charge >= 0.3 is 0 Å². The van der Waals surface area contributed by atoms with Crippen molar-refractivity contribution < 1.29 is 0 Å². The number of benzene rings is 1. The largest absolute Gasteiger partial charge is 0.367 e. The molecule has 1 aromatic rings. The molecule has 27 heavy (non-hydrogen) atoms. The highest BCUT2D eigenvalue weighted by molar-refractivity contribution is 5.82. The molecule has 0 radical (unpaired) electrons. The summed E-state index contributed by atoms with van der Waals surface area (Å²) in [6.45, 7) is 8.10. The first-order valence-corrected chi connectivity index (χ1v) is 11.5. The van der Waals surface area contributed by atoms with Crippen molar-refractivity contribution in [1.29, 1.82) is 0 Å². The minimum atomic E-state index is 0.328. The van der Waals surface area contributed by atoms with Crippen LogP contribution in [0.25, 0.3) is 0 Å². The molecule has 2 nitrogen and oxygen atoms in total. The van der Waals surface area contributed by atoms with Gasteiger partial charge in [-0.2, -0.15) is 0 Å². The van der Waals surface area contributed by atoms with E-state index in [-0.39, 0.29) is 0 Å². The lowest BCUT2D eigenvalue weighted by atomic mass is 9.85. The van der Waals surface area contributed by atoms with Crippen LogP contribution in [0.5, 0.6) is 0 Å². The first kappa shape index (κ1) is 20.4. The van der Waals surface area contributed by atoms with Crippen LogP contribution in [0, 0.1) is 0 Å². The third kappa shape index (κ3) is 5.59. The quantitative estimate of drug-likeness (QED) is 0.605.